The molecule has 0 fully saturated rings. The Hall–Kier alpha value is -6.90. The van der Waals surface area contributed by atoms with Crippen LogP contribution in [-0.4, -0.2) is 13.7 Å². The second kappa shape index (κ2) is 12.8. The first kappa shape index (κ1) is 38.3. The summed E-state index contributed by atoms with van der Waals surface area (Å²) in [6.07, 6.45) is -19.5. The molecule has 0 bridgehead atoms. The smallest absolute Gasteiger partial charge is 0.309 e. The molecule has 0 atom stereocenters. The van der Waals surface area contributed by atoms with E-state index in [1.165, 1.54) is 27.3 Å². The summed E-state index contributed by atoms with van der Waals surface area (Å²) in [6, 6.07) is 29.6. The summed E-state index contributed by atoms with van der Waals surface area (Å²) in [5.41, 5.74) is -3.70. The quantitative estimate of drug-likeness (QED) is 0.157. The van der Waals surface area contributed by atoms with E-state index in [9.17, 15) is 52.7 Å². The molecule has 7 aromatic carbocycles. The van der Waals surface area contributed by atoms with Crippen molar-refractivity contribution in [1.82, 2.24) is 13.7 Å². The minimum atomic E-state index is -4.88. The molecule has 10 rings (SSSR count). The molecule has 15 heteroatoms. The number of alkyl halides is 12. The van der Waals surface area contributed by atoms with Gasteiger partial charge in [-0.1, -0.05) is 60.7 Å². The Bertz CT molecular complexity index is 3060. The van der Waals surface area contributed by atoms with E-state index in [1.54, 1.807) is 41.0 Å². The van der Waals surface area contributed by atoms with Crippen LogP contribution in [-0.2, 0) is 24.7 Å². The summed E-state index contributed by atoms with van der Waals surface area (Å²) in [7, 11) is 0. The highest BCUT2D eigenvalue weighted by molar-refractivity contribution is 6.12. The van der Waals surface area contributed by atoms with E-state index in [0.29, 0.717) is 11.0 Å². The number of fused-ring (bicyclic) bond motifs is 9. The Kier molecular flexibility index (Phi) is 8.04. The molecule has 0 N–H and O–H groups in total. The third kappa shape index (κ3) is 6.07. The largest absolute Gasteiger partial charge is 0.416 e. The molecule has 61 heavy (non-hydrogen) atoms. The van der Waals surface area contributed by atoms with Gasteiger partial charge in [0.25, 0.3) is 0 Å². The lowest BCUT2D eigenvalue weighted by Gasteiger charge is -2.18. The third-order valence-corrected chi connectivity index (χ3v) is 11.1. The van der Waals surface area contributed by atoms with Crippen LogP contribution in [0.1, 0.15) is 22.3 Å². The van der Waals surface area contributed by atoms with Crippen molar-refractivity contribution >= 4 is 65.4 Å². The van der Waals surface area contributed by atoms with E-state index in [-0.39, 0.29) is 60.7 Å². The van der Waals surface area contributed by atoms with Crippen LogP contribution >= 0.6 is 0 Å². The average molecular weight is 846 g/mol. The molecule has 0 saturated heterocycles. The molecule has 3 nitrogen and oxygen atoms in total. The van der Waals surface area contributed by atoms with E-state index < -0.39 is 47.0 Å². The molecular formula is C46H23F12N3. The van der Waals surface area contributed by atoms with Gasteiger partial charge in [0.2, 0.25) is 0 Å². The molecule has 0 unspecified atom stereocenters. The van der Waals surface area contributed by atoms with E-state index in [2.05, 4.69) is 0 Å². The molecule has 0 aliphatic heterocycles. The van der Waals surface area contributed by atoms with Crippen LogP contribution in [0.15, 0.2) is 140 Å². The highest BCUT2D eigenvalue weighted by Gasteiger charge is 2.35. The first-order chi connectivity index (χ1) is 28.8. The van der Waals surface area contributed by atoms with Crippen LogP contribution in [0.4, 0.5) is 52.7 Å². The van der Waals surface area contributed by atoms with Gasteiger partial charge in [-0.05, 0) is 78.9 Å². The second-order valence-corrected chi connectivity index (χ2v) is 14.7. The summed E-state index contributed by atoms with van der Waals surface area (Å²) < 4.78 is 176. The van der Waals surface area contributed by atoms with Crippen LogP contribution in [0.5, 0.6) is 0 Å². The highest BCUT2D eigenvalue weighted by Crippen LogP contribution is 2.44. The van der Waals surface area contributed by atoms with Gasteiger partial charge in [-0.2, -0.15) is 52.7 Å². The fourth-order valence-corrected chi connectivity index (χ4v) is 8.47. The van der Waals surface area contributed by atoms with Crippen molar-refractivity contribution in [2.24, 2.45) is 0 Å². The number of hydrogen-bond donors (Lipinski definition) is 0. The van der Waals surface area contributed by atoms with Gasteiger partial charge in [0.1, 0.15) is 0 Å². The van der Waals surface area contributed by atoms with Gasteiger partial charge in [0.05, 0.1) is 72.4 Å². The van der Waals surface area contributed by atoms with Gasteiger partial charge in [-0.25, -0.2) is 0 Å². The maximum Gasteiger partial charge on any atom is 0.416 e. The zero-order valence-electron chi connectivity index (χ0n) is 30.7. The predicted molar refractivity (Wildman–Crippen MR) is 209 cm³/mol. The standard InChI is InChI=1S/C46H23F12N3/c47-43(48,49)24-9-13-33-34-14-10-25(44(50,51)52)18-40(34)60(39(33)17-24)29-21-28(59-37-7-3-1-5-31(37)32-6-2-4-8-38(32)59)22-30(23-29)61-41-19-26(45(53,54)55)11-15-35(41)36-16-12-27(20-42(36)61)46(56,57)58/h1-23H. The first-order valence-electron chi connectivity index (χ1n) is 18.4. The van der Waals surface area contributed by atoms with Gasteiger partial charge < -0.3 is 13.7 Å². The zero-order valence-corrected chi connectivity index (χ0v) is 30.7. The summed E-state index contributed by atoms with van der Waals surface area (Å²) in [6.45, 7) is 0. The summed E-state index contributed by atoms with van der Waals surface area (Å²) >= 11 is 0. The first-order valence-corrected chi connectivity index (χ1v) is 18.4. The van der Waals surface area contributed by atoms with E-state index in [4.69, 9.17) is 0 Å². The predicted octanol–water partition coefficient (Wildman–Crippen LogP) is 15.1. The maximum atomic E-state index is 14.3. The highest BCUT2D eigenvalue weighted by atomic mass is 19.4. The molecule has 0 spiro atoms. The van der Waals surface area contributed by atoms with Gasteiger partial charge in [-0.15, -0.1) is 0 Å². The topological polar surface area (TPSA) is 14.8 Å². The number of rotatable bonds is 3. The number of hydrogen-bond acceptors (Lipinski definition) is 0. The lowest BCUT2D eigenvalue weighted by molar-refractivity contribution is -0.138. The van der Waals surface area contributed by atoms with Crippen molar-refractivity contribution in [2.75, 3.05) is 0 Å². The molecule has 0 aliphatic carbocycles. The monoisotopic (exact) mass is 845 g/mol. The van der Waals surface area contributed by atoms with Crippen LogP contribution < -0.4 is 0 Å². The molecular weight excluding hydrogens is 823 g/mol. The van der Waals surface area contributed by atoms with Crippen molar-refractivity contribution < 1.29 is 52.7 Å². The maximum absolute atomic E-state index is 14.3. The fourth-order valence-electron chi connectivity index (χ4n) is 8.47. The Morgan fingerprint density at radius 2 is 0.475 bits per heavy atom. The van der Waals surface area contributed by atoms with Crippen LogP contribution in [0.25, 0.3) is 82.5 Å². The summed E-state index contributed by atoms with van der Waals surface area (Å²) in [5.74, 6) is 0. The van der Waals surface area contributed by atoms with Crippen LogP contribution in [0, 0.1) is 0 Å². The molecule has 0 amide bonds. The number of aromatic nitrogens is 3. The Morgan fingerprint density at radius 1 is 0.246 bits per heavy atom. The van der Waals surface area contributed by atoms with Crippen molar-refractivity contribution in [3.63, 3.8) is 0 Å². The van der Waals surface area contributed by atoms with E-state index >= 15 is 0 Å². The molecule has 3 heterocycles. The Labute approximate surface area is 334 Å². The zero-order chi connectivity index (χ0) is 43.0. The minimum Gasteiger partial charge on any atom is -0.309 e. The Balaban J connectivity index is 1.40. The molecule has 0 radical (unpaired) electrons. The molecule has 0 saturated carbocycles. The minimum absolute atomic E-state index is 0.0398. The summed E-state index contributed by atoms with van der Waals surface area (Å²) in [4.78, 5) is 0. The van der Waals surface area contributed by atoms with Crippen molar-refractivity contribution in [2.45, 2.75) is 24.7 Å². The van der Waals surface area contributed by atoms with Gasteiger partial charge >= 0.3 is 24.7 Å². The fraction of sp³-hybridized carbons (Fsp3) is 0.0870. The normalized spacial score (nSPS) is 13.2. The number of para-hydroxylation sites is 2. The molecule has 306 valence electrons. The SMILES string of the molecule is FC(F)(F)c1ccc2c3ccc(C(F)(F)F)cc3n(-c3cc(-n4c5ccccc5c5ccccc54)cc(-n4c5cc(C(F)(F)F)ccc5c5ccc(C(F)(F)F)cc54)c3)c2c1. The molecule has 3 aromatic heterocycles. The number of nitrogens with zero attached hydrogens (tertiary/aromatic N) is 3. The molecule has 10 aromatic rings. The van der Waals surface area contributed by atoms with E-state index in [1.807, 2.05) is 12.1 Å². The van der Waals surface area contributed by atoms with Crippen LogP contribution in [0.3, 0.4) is 0 Å². The van der Waals surface area contributed by atoms with Gasteiger partial charge in [0, 0.05) is 32.3 Å². The lowest BCUT2D eigenvalue weighted by Crippen LogP contribution is -2.07. The number of benzene rings is 7. The third-order valence-electron chi connectivity index (χ3n) is 11.1. The second-order valence-electron chi connectivity index (χ2n) is 14.7. The molecule has 0 aliphatic rings. The van der Waals surface area contributed by atoms with Gasteiger partial charge in [-0.3, -0.25) is 0 Å². The number of halogens is 12. The Morgan fingerprint density at radius 3 is 0.738 bits per heavy atom. The van der Waals surface area contributed by atoms with Crippen molar-refractivity contribution in [3.05, 3.63) is 162 Å². The lowest BCUT2D eigenvalue weighted by atomic mass is 10.1. The van der Waals surface area contributed by atoms with Gasteiger partial charge in [0.15, 0.2) is 0 Å². The van der Waals surface area contributed by atoms with Crippen molar-refractivity contribution in [3.8, 4) is 17.1 Å². The summed E-state index contributed by atoms with van der Waals surface area (Å²) in [5, 5.41) is 2.13. The average Bonchev–Trinajstić information content (AvgIpc) is 3.84. The van der Waals surface area contributed by atoms with Crippen LogP contribution in [0.2, 0.25) is 0 Å². The van der Waals surface area contributed by atoms with Crippen molar-refractivity contribution in [1.29, 1.82) is 0 Å². The van der Waals surface area contributed by atoms with E-state index in [0.717, 1.165) is 83.6 Å².